The highest BCUT2D eigenvalue weighted by Gasteiger charge is 2.25. The first-order valence-corrected chi connectivity index (χ1v) is 10.4. The van der Waals surface area contributed by atoms with Gasteiger partial charge in [0, 0.05) is 51.0 Å². The van der Waals surface area contributed by atoms with Gasteiger partial charge in [0.25, 0.3) is 0 Å². The third kappa shape index (κ3) is 7.07. The van der Waals surface area contributed by atoms with Crippen LogP contribution in [0.15, 0.2) is 17.4 Å². The fraction of sp³-hybridized carbons (Fsp3) is 0.800. The molecule has 0 amide bonds. The lowest BCUT2D eigenvalue weighted by atomic mass is 10.0. The molecule has 1 aromatic heterocycles. The van der Waals surface area contributed by atoms with Crippen LogP contribution in [-0.4, -0.2) is 77.7 Å². The number of ether oxygens (including phenoxy) is 1. The quantitative estimate of drug-likeness (QED) is 0.427. The van der Waals surface area contributed by atoms with Gasteiger partial charge in [-0.15, -0.1) is 0 Å². The van der Waals surface area contributed by atoms with E-state index in [1.54, 1.807) is 17.8 Å². The summed E-state index contributed by atoms with van der Waals surface area (Å²) in [6.07, 6.45) is 4.64. The molecule has 0 spiro atoms. The zero-order valence-electron chi connectivity index (χ0n) is 18.1. The molecule has 3 N–H and O–H groups in total. The van der Waals surface area contributed by atoms with Gasteiger partial charge in [0.2, 0.25) is 0 Å². The smallest absolute Gasteiger partial charge is 0.191 e. The molecule has 8 nitrogen and oxygen atoms in total. The van der Waals surface area contributed by atoms with E-state index in [-0.39, 0.29) is 6.54 Å². The van der Waals surface area contributed by atoms with Gasteiger partial charge in [-0.1, -0.05) is 13.8 Å². The molecule has 2 heterocycles. The van der Waals surface area contributed by atoms with Crippen molar-refractivity contribution in [2.45, 2.75) is 45.8 Å². The Morgan fingerprint density at radius 2 is 2.07 bits per heavy atom. The van der Waals surface area contributed by atoms with Crippen LogP contribution in [0.1, 0.15) is 39.7 Å². The second kappa shape index (κ2) is 10.8. The Morgan fingerprint density at radius 1 is 1.36 bits per heavy atom. The third-order valence-corrected chi connectivity index (χ3v) is 5.03. The van der Waals surface area contributed by atoms with Crippen LogP contribution in [0.4, 0.5) is 0 Å². The molecule has 1 aliphatic heterocycles. The van der Waals surface area contributed by atoms with Crippen molar-refractivity contribution in [2.24, 2.45) is 18.0 Å². The van der Waals surface area contributed by atoms with E-state index in [0.29, 0.717) is 12.0 Å². The van der Waals surface area contributed by atoms with Crippen LogP contribution in [0.5, 0.6) is 0 Å². The summed E-state index contributed by atoms with van der Waals surface area (Å²) < 4.78 is 7.20. The summed E-state index contributed by atoms with van der Waals surface area (Å²) in [6, 6.07) is 0.437. The van der Waals surface area contributed by atoms with Crippen molar-refractivity contribution in [2.75, 3.05) is 45.9 Å². The Kier molecular flexibility index (Phi) is 8.72. The summed E-state index contributed by atoms with van der Waals surface area (Å²) in [5.74, 6) is 1.36. The average Bonchev–Trinajstić information content (AvgIpc) is 3.10. The molecule has 28 heavy (non-hydrogen) atoms. The minimum atomic E-state index is -1.06. The third-order valence-electron chi connectivity index (χ3n) is 5.03. The SMILES string of the molecule is CCNC(=NCC(C)(O)c1cnn(C)c1)NCC(CC(C)C)N1CCOCC1. The predicted octanol–water partition coefficient (Wildman–Crippen LogP) is 0.930. The van der Waals surface area contributed by atoms with Gasteiger partial charge in [0.05, 0.1) is 26.0 Å². The molecule has 1 aliphatic rings. The zero-order chi connectivity index (χ0) is 20.6. The first-order valence-electron chi connectivity index (χ1n) is 10.4. The summed E-state index contributed by atoms with van der Waals surface area (Å²) in [6.45, 7) is 13.7. The molecule has 0 saturated carbocycles. The van der Waals surface area contributed by atoms with Gasteiger partial charge in [-0.2, -0.15) is 5.10 Å². The van der Waals surface area contributed by atoms with Crippen LogP contribution in [0.2, 0.25) is 0 Å². The summed E-state index contributed by atoms with van der Waals surface area (Å²) in [4.78, 5) is 7.14. The lowest BCUT2D eigenvalue weighted by molar-refractivity contribution is 0.0132. The molecule has 2 atom stereocenters. The highest BCUT2D eigenvalue weighted by molar-refractivity contribution is 5.79. The number of aromatic nitrogens is 2. The minimum absolute atomic E-state index is 0.264. The minimum Gasteiger partial charge on any atom is -0.383 e. The standard InChI is InChI=1S/C20H38N6O2/c1-6-21-19(23-15-20(4,27)17-12-24-25(5)14-17)22-13-18(11-16(2)3)26-7-9-28-10-8-26/h12,14,16,18,27H,6-11,13,15H2,1-5H3,(H2,21,22,23). The normalized spacial score (nSPS) is 19.5. The van der Waals surface area contributed by atoms with Crippen LogP contribution in [0.3, 0.4) is 0 Å². The number of guanidine groups is 1. The van der Waals surface area contributed by atoms with E-state index in [1.807, 2.05) is 20.2 Å². The Bertz CT molecular complexity index is 608. The van der Waals surface area contributed by atoms with Crippen molar-refractivity contribution in [1.29, 1.82) is 0 Å². The van der Waals surface area contributed by atoms with Crippen LogP contribution >= 0.6 is 0 Å². The molecular weight excluding hydrogens is 356 g/mol. The first kappa shape index (κ1) is 22.6. The maximum absolute atomic E-state index is 10.8. The lowest BCUT2D eigenvalue weighted by Crippen LogP contribution is -2.51. The topological polar surface area (TPSA) is 86.9 Å². The molecule has 1 saturated heterocycles. The summed E-state index contributed by atoms with van der Waals surface area (Å²) in [7, 11) is 1.84. The largest absolute Gasteiger partial charge is 0.383 e. The summed E-state index contributed by atoms with van der Waals surface area (Å²) in [5, 5.41) is 21.7. The second-order valence-electron chi connectivity index (χ2n) is 8.18. The molecule has 0 aromatic carbocycles. The number of aryl methyl sites for hydroxylation is 1. The van der Waals surface area contributed by atoms with Gasteiger partial charge in [-0.3, -0.25) is 9.58 Å². The molecule has 0 radical (unpaired) electrons. The van der Waals surface area contributed by atoms with E-state index in [9.17, 15) is 5.11 Å². The average molecular weight is 395 g/mol. The van der Waals surface area contributed by atoms with Crippen LogP contribution in [0.25, 0.3) is 0 Å². The van der Waals surface area contributed by atoms with Crippen molar-refractivity contribution in [1.82, 2.24) is 25.3 Å². The molecule has 0 aliphatic carbocycles. The summed E-state index contributed by atoms with van der Waals surface area (Å²) >= 11 is 0. The van der Waals surface area contributed by atoms with Gasteiger partial charge < -0.3 is 20.5 Å². The van der Waals surface area contributed by atoms with Crippen molar-refractivity contribution in [3.63, 3.8) is 0 Å². The van der Waals surface area contributed by atoms with E-state index >= 15 is 0 Å². The maximum atomic E-state index is 10.8. The number of nitrogens with zero attached hydrogens (tertiary/aromatic N) is 4. The van der Waals surface area contributed by atoms with Gasteiger partial charge in [0.1, 0.15) is 5.60 Å². The predicted molar refractivity (Wildman–Crippen MR) is 112 cm³/mol. The van der Waals surface area contributed by atoms with E-state index < -0.39 is 5.60 Å². The van der Waals surface area contributed by atoms with Crippen LogP contribution in [-0.2, 0) is 17.4 Å². The first-order chi connectivity index (χ1) is 13.3. The number of morpholine rings is 1. The molecule has 2 unspecified atom stereocenters. The Morgan fingerprint density at radius 3 is 2.64 bits per heavy atom. The molecule has 0 bridgehead atoms. The van der Waals surface area contributed by atoms with E-state index in [0.717, 1.165) is 57.3 Å². The number of aliphatic imine (C=N–C) groups is 1. The van der Waals surface area contributed by atoms with E-state index in [1.165, 1.54) is 0 Å². The molecule has 2 rings (SSSR count). The van der Waals surface area contributed by atoms with E-state index in [4.69, 9.17) is 4.74 Å². The highest BCUT2D eigenvalue weighted by atomic mass is 16.5. The number of hydrogen-bond acceptors (Lipinski definition) is 5. The Labute approximate surface area is 169 Å². The lowest BCUT2D eigenvalue weighted by Gasteiger charge is -2.35. The molecule has 160 valence electrons. The van der Waals surface area contributed by atoms with Gasteiger partial charge in [-0.25, -0.2) is 4.99 Å². The number of rotatable bonds is 9. The fourth-order valence-electron chi connectivity index (χ4n) is 3.43. The van der Waals surface area contributed by atoms with Crippen molar-refractivity contribution in [3.8, 4) is 0 Å². The molecule has 8 heteroatoms. The van der Waals surface area contributed by atoms with E-state index in [2.05, 4.69) is 39.5 Å². The Hall–Kier alpha value is -1.64. The fourth-order valence-corrected chi connectivity index (χ4v) is 3.43. The second-order valence-corrected chi connectivity index (χ2v) is 8.18. The highest BCUT2D eigenvalue weighted by Crippen LogP contribution is 2.20. The van der Waals surface area contributed by atoms with Crippen molar-refractivity contribution in [3.05, 3.63) is 18.0 Å². The van der Waals surface area contributed by atoms with Crippen LogP contribution < -0.4 is 10.6 Å². The Balaban J connectivity index is 1.99. The van der Waals surface area contributed by atoms with Crippen molar-refractivity contribution >= 4 is 5.96 Å². The molecular formula is C20H38N6O2. The monoisotopic (exact) mass is 394 g/mol. The van der Waals surface area contributed by atoms with Gasteiger partial charge in [0.15, 0.2) is 5.96 Å². The molecule has 1 aromatic rings. The number of hydrogen-bond donors (Lipinski definition) is 3. The zero-order valence-corrected chi connectivity index (χ0v) is 18.1. The summed E-state index contributed by atoms with van der Waals surface area (Å²) in [5.41, 5.74) is -0.293. The molecule has 1 fully saturated rings. The maximum Gasteiger partial charge on any atom is 0.191 e. The van der Waals surface area contributed by atoms with Crippen LogP contribution in [0, 0.1) is 5.92 Å². The van der Waals surface area contributed by atoms with Gasteiger partial charge >= 0.3 is 0 Å². The number of nitrogens with one attached hydrogen (secondary N) is 2. The van der Waals surface area contributed by atoms with Crippen molar-refractivity contribution < 1.29 is 9.84 Å². The number of aliphatic hydroxyl groups is 1. The van der Waals surface area contributed by atoms with Gasteiger partial charge in [-0.05, 0) is 26.2 Å².